The van der Waals surface area contributed by atoms with E-state index in [9.17, 15) is 14.4 Å². The average molecular weight is 988 g/mol. The largest absolute Gasteiger partial charge is 0.462 e. The summed E-state index contributed by atoms with van der Waals surface area (Å²) >= 11 is 0. The number of allylic oxidation sites excluding steroid dienone is 16. The molecule has 0 fully saturated rings. The van der Waals surface area contributed by atoms with E-state index in [1.165, 1.54) is 141 Å². The fraction of sp³-hybridized carbons (Fsp3) is 0.708. The van der Waals surface area contributed by atoms with Crippen molar-refractivity contribution in [3.05, 3.63) is 97.2 Å². The number of ether oxygens (including phenoxy) is 3. The maximum absolute atomic E-state index is 12.9. The van der Waals surface area contributed by atoms with Gasteiger partial charge in [-0.05, 0) is 89.9 Å². The van der Waals surface area contributed by atoms with Crippen molar-refractivity contribution in [1.29, 1.82) is 0 Å². The van der Waals surface area contributed by atoms with Gasteiger partial charge < -0.3 is 14.2 Å². The predicted molar refractivity (Wildman–Crippen MR) is 307 cm³/mol. The predicted octanol–water partition coefficient (Wildman–Crippen LogP) is 20.1. The zero-order valence-electron chi connectivity index (χ0n) is 46.5. The molecule has 6 heteroatoms. The number of hydrogen-bond acceptors (Lipinski definition) is 6. The highest BCUT2D eigenvalue weighted by atomic mass is 16.6. The van der Waals surface area contributed by atoms with Crippen LogP contribution in [0.25, 0.3) is 0 Å². The maximum atomic E-state index is 12.9. The van der Waals surface area contributed by atoms with Crippen molar-refractivity contribution in [3.8, 4) is 0 Å². The minimum Gasteiger partial charge on any atom is -0.462 e. The van der Waals surface area contributed by atoms with Gasteiger partial charge in [0, 0.05) is 19.3 Å². The van der Waals surface area contributed by atoms with Crippen molar-refractivity contribution in [2.75, 3.05) is 13.2 Å². The molecule has 0 amide bonds. The van der Waals surface area contributed by atoms with Crippen LogP contribution in [0.2, 0.25) is 0 Å². The molecule has 0 aromatic rings. The molecule has 0 heterocycles. The van der Waals surface area contributed by atoms with E-state index in [0.717, 1.165) is 89.9 Å². The smallest absolute Gasteiger partial charge is 0.306 e. The van der Waals surface area contributed by atoms with Crippen LogP contribution in [0.1, 0.15) is 278 Å². The summed E-state index contributed by atoms with van der Waals surface area (Å²) in [6, 6.07) is 0. The summed E-state index contributed by atoms with van der Waals surface area (Å²) < 4.78 is 16.8. The molecule has 0 saturated carbocycles. The number of carbonyl (C=O) groups is 3. The first-order valence-corrected chi connectivity index (χ1v) is 29.7. The second kappa shape index (κ2) is 58.9. The molecule has 0 spiro atoms. The summed E-state index contributed by atoms with van der Waals surface area (Å²) in [6.45, 7) is 6.45. The lowest BCUT2D eigenvalue weighted by Crippen LogP contribution is -2.30. The number of esters is 3. The Morgan fingerprint density at radius 3 is 0.972 bits per heavy atom. The SMILES string of the molecule is CC/C=C\C/C=C\C/C=C\C/C=C\C/C=C\C/C=C\CCC(=O)OC[C@H](COC(=O)CCCCCCCCCCCCCCCCCCC)OC(=O)CCCCCCCCC/C=C\C/C=C\CCCCC. The van der Waals surface area contributed by atoms with Gasteiger partial charge in [0.25, 0.3) is 0 Å². The first kappa shape index (κ1) is 67.3. The third-order valence-electron chi connectivity index (χ3n) is 12.6. The second-order valence-corrected chi connectivity index (χ2v) is 19.5. The Morgan fingerprint density at radius 1 is 0.296 bits per heavy atom. The Morgan fingerprint density at radius 2 is 0.577 bits per heavy atom. The van der Waals surface area contributed by atoms with Gasteiger partial charge in [-0.2, -0.15) is 0 Å². The Labute approximate surface area is 438 Å². The molecule has 0 rings (SSSR count). The van der Waals surface area contributed by atoms with E-state index >= 15 is 0 Å². The number of carbonyl (C=O) groups excluding carboxylic acids is 3. The quantitative estimate of drug-likeness (QED) is 0.0261. The average Bonchev–Trinajstić information content (AvgIpc) is 3.37. The van der Waals surface area contributed by atoms with E-state index in [2.05, 4.69) is 112 Å². The molecule has 6 nitrogen and oxygen atoms in total. The van der Waals surface area contributed by atoms with Gasteiger partial charge in [0.2, 0.25) is 0 Å². The van der Waals surface area contributed by atoms with Gasteiger partial charge >= 0.3 is 17.9 Å². The lowest BCUT2D eigenvalue weighted by atomic mass is 10.0. The normalized spacial score (nSPS) is 12.8. The van der Waals surface area contributed by atoms with Gasteiger partial charge in [0.05, 0.1) is 0 Å². The molecule has 0 aliphatic carbocycles. The molecule has 406 valence electrons. The molecule has 1 atom stereocenters. The lowest BCUT2D eigenvalue weighted by Gasteiger charge is -2.18. The Bertz CT molecular complexity index is 1410. The van der Waals surface area contributed by atoms with Crippen molar-refractivity contribution >= 4 is 17.9 Å². The third-order valence-corrected chi connectivity index (χ3v) is 12.6. The van der Waals surface area contributed by atoms with Crippen LogP contribution in [0.3, 0.4) is 0 Å². The van der Waals surface area contributed by atoms with Gasteiger partial charge in [-0.1, -0.05) is 266 Å². The van der Waals surface area contributed by atoms with Crippen LogP contribution in [0.4, 0.5) is 0 Å². The molecule has 0 bridgehead atoms. The summed E-state index contributed by atoms with van der Waals surface area (Å²) in [5, 5.41) is 0. The summed E-state index contributed by atoms with van der Waals surface area (Å²) in [6.07, 6.45) is 78.4. The van der Waals surface area contributed by atoms with Crippen LogP contribution < -0.4 is 0 Å². The molecule has 0 aliphatic rings. The molecule has 0 aliphatic heterocycles. The molecular weight excluding hydrogens is 877 g/mol. The molecule has 0 radical (unpaired) electrons. The first-order valence-electron chi connectivity index (χ1n) is 29.7. The number of hydrogen-bond donors (Lipinski definition) is 0. The Kier molecular flexibility index (Phi) is 55.9. The summed E-state index contributed by atoms with van der Waals surface area (Å²) in [7, 11) is 0. The van der Waals surface area contributed by atoms with Crippen molar-refractivity contribution < 1.29 is 28.6 Å². The molecule has 0 aromatic carbocycles. The summed E-state index contributed by atoms with van der Waals surface area (Å²) in [5.41, 5.74) is 0. The monoisotopic (exact) mass is 987 g/mol. The van der Waals surface area contributed by atoms with Crippen molar-refractivity contribution in [1.82, 2.24) is 0 Å². The molecule has 0 unspecified atom stereocenters. The molecule has 0 N–H and O–H groups in total. The Balaban J connectivity index is 4.50. The van der Waals surface area contributed by atoms with E-state index in [1.54, 1.807) is 0 Å². The minimum atomic E-state index is -0.812. The van der Waals surface area contributed by atoms with Crippen LogP contribution in [-0.2, 0) is 28.6 Å². The van der Waals surface area contributed by atoms with Crippen LogP contribution in [0.15, 0.2) is 97.2 Å². The van der Waals surface area contributed by atoms with E-state index < -0.39 is 6.10 Å². The van der Waals surface area contributed by atoms with E-state index in [0.29, 0.717) is 19.3 Å². The minimum absolute atomic E-state index is 0.102. The maximum Gasteiger partial charge on any atom is 0.306 e. The van der Waals surface area contributed by atoms with Crippen molar-refractivity contribution in [3.63, 3.8) is 0 Å². The van der Waals surface area contributed by atoms with Crippen LogP contribution in [-0.4, -0.2) is 37.2 Å². The fourth-order valence-corrected chi connectivity index (χ4v) is 8.15. The third kappa shape index (κ3) is 57.1. The fourth-order valence-electron chi connectivity index (χ4n) is 8.15. The summed E-state index contributed by atoms with van der Waals surface area (Å²) in [5.74, 6) is -0.991. The standard InChI is InChI=1S/C65H110O6/c1-4-7-10-13-16-19-22-25-28-31-32-35-37-40-43-46-49-52-55-58-64(67)70-61-62(71-65(68)59-56-53-50-47-44-41-38-34-30-27-24-21-18-15-12-9-6-3)60-69-63(66)57-54-51-48-45-42-39-36-33-29-26-23-20-17-14-11-8-5-2/h7,10,16,18-19,21,25,27-28,30,32,35,40,43,49,52,62H,4-6,8-9,11-15,17,20,22-24,26,29,31,33-34,36-39,41-42,44-48,50-51,53-61H2,1-3H3/b10-7-,19-16-,21-18-,28-25-,30-27-,35-32-,43-40-,52-49-/t62-/m0/s1. The highest BCUT2D eigenvalue weighted by Gasteiger charge is 2.19. The molecule has 0 aromatic heterocycles. The lowest BCUT2D eigenvalue weighted by molar-refractivity contribution is -0.166. The number of unbranched alkanes of at least 4 members (excludes halogenated alkanes) is 26. The van der Waals surface area contributed by atoms with Crippen LogP contribution in [0.5, 0.6) is 0 Å². The highest BCUT2D eigenvalue weighted by molar-refractivity contribution is 5.71. The zero-order chi connectivity index (χ0) is 51.4. The summed E-state index contributed by atoms with van der Waals surface area (Å²) in [4.78, 5) is 38.2. The van der Waals surface area contributed by atoms with Crippen molar-refractivity contribution in [2.24, 2.45) is 0 Å². The van der Waals surface area contributed by atoms with Crippen LogP contribution in [0, 0.1) is 0 Å². The number of rotatable bonds is 53. The van der Waals surface area contributed by atoms with Crippen molar-refractivity contribution in [2.45, 2.75) is 284 Å². The topological polar surface area (TPSA) is 78.9 Å². The van der Waals surface area contributed by atoms with Gasteiger partial charge in [0.15, 0.2) is 6.10 Å². The molecule has 71 heavy (non-hydrogen) atoms. The van der Waals surface area contributed by atoms with Gasteiger partial charge in [-0.3, -0.25) is 14.4 Å². The highest BCUT2D eigenvalue weighted by Crippen LogP contribution is 2.16. The first-order chi connectivity index (χ1) is 35.0. The van der Waals surface area contributed by atoms with E-state index in [-0.39, 0.29) is 37.5 Å². The van der Waals surface area contributed by atoms with E-state index in [4.69, 9.17) is 14.2 Å². The van der Waals surface area contributed by atoms with Gasteiger partial charge in [-0.25, -0.2) is 0 Å². The van der Waals surface area contributed by atoms with Crippen LogP contribution >= 0.6 is 0 Å². The second-order valence-electron chi connectivity index (χ2n) is 19.5. The molecular formula is C65H110O6. The van der Waals surface area contributed by atoms with E-state index in [1.807, 2.05) is 6.08 Å². The molecule has 0 saturated heterocycles. The Hall–Kier alpha value is -3.67. The van der Waals surface area contributed by atoms with Gasteiger partial charge in [0.1, 0.15) is 13.2 Å². The van der Waals surface area contributed by atoms with Gasteiger partial charge in [-0.15, -0.1) is 0 Å². The zero-order valence-corrected chi connectivity index (χ0v) is 46.5.